The standard InChI is InChI=1S/C14H20O2/c1-16-9-5-8-14(15)13-10-12(13)11-6-3-2-4-7-11/h2-4,6-7,12-15H,5,8-10H2,1H3. The SMILES string of the molecule is COCCCC(O)C1CC1c1ccccc1. The quantitative estimate of drug-likeness (QED) is 0.747. The molecule has 88 valence electrons. The highest BCUT2D eigenvalue weighted by atomic mass is 16.5. The van der Waals surface area contributed by atoms with Gasteiger partial charge < -0.3 is 9.84 Å². The summed E-state index contributed by atoms with van der Waals surface area (Å²) in [5, 5.41) is 9.99. The van der Waals surface area contributed by atoms with Gasteiger partial charge in [-0.3, -0.25) is 0 Å². The second-order valence-electron chi connectivity index (χ2n) is 4.62. The van der Waals surface area contributed by atoms with Gasteiger partial charge >= 0.3 is 0 Å². The summed E-state index contributed by atoms with van der Waals surface area (Å²) in [6.07, 6.45) is 2.80. The minimum Gasteiger partial charge on any atom is -0.393 e. The van der Waals surface area contributed by atoms with E-state index in [-0.39, 0.29) is 6.10 Å². The topological polar surface area (TPSA) is 29.5 Å². The fourth-order valence-electron chi connectivity index (χ4n) is 2.37. The van der Waals surface area contributed by atoms with Crippen LogP contribution >= 0.6 is 0 Å². The lowest BCUT2D eigenvalue weighted by Gasteiger charge is -2.09. The molecule has 3 unspecified atom stereocenters. The summed E-state index contributed by atoms with van der Waals surface area (Å²) in [6.45, 7) is 0.750. The Kier molecular flexibility index (Phi) is 3.97. The van der Waals surface area contributed by atoms with Gasteiger partial charge in [-0.05, 0) is 36.7 Å². The second kappa shape index (κ2) is 5.46. The first-order valence-corrected chi connectivity index (χ1v) is 6.05. The molecular formula is C14H20O2. The fraction of sp³-hybridized carbons (Fsp3) is 0.571. The molecule has 1 saturated carbocycles. The Labute approximate surface area is 97.3 Å². The Bertz CT molecular complexity index is 310. The molecule has 1 N–H and O–H groups in total. The number of aliphatic hydroxyl groups is 1. The highest BCUT2D eigenvalue weighted by Crippen LogP contribution is 2.50. The zero-order valence-electron chi connectivity index (χ0n) is 9.80. The number of methoxy groups -OCH3 is 1. The predicted molar refractivity (Wildman–Crippen MR) is 64.4 cm³/mol. The van der Waals surface area contributed by atoms with Gasteiger partial charge in [-0.2, -0.15) is 0 Å². The molecule has 0 aromatic heterocycles. The largest absolute Gasteiger partial charge is 0.393 e. The summed E-state index contributed by atoms with van der Waals surface area (Å²) in [5.41, 5.74) is 1.37. The molecule has 2 rings (SSSR count). The normalized spacial score (nSPS) is 25.4. The van der Waals surface area contributed by atoms with Crippen molar-refractivity contribution in [1.82, 2.24) is 0 Å². The van der Waals surface area contributed by atoms with Crippen LogP contribution in [0.4, 0.5) is 0 Å². The molecule has 1 aliphatic carbocycles. The summed E-state index contributed by atoms with van der Waals surface area (Å²) in [4.78, 5) is 0. The number of benzene rings is 1. The average molecular weight is 220 g/mol. The number of hydrogen-bond donors (Lipinski definition) is 1. The van der Waals surface area contributed by atoms with Crippen LogP contribution in [0.1, 0.15) is 30.7 Å². The van der Waals surface area contributed by atoms with Crippen molar-refractivity contribution in [3.63, 3.8) is 0 Å². The Morgan fingerprint density at radius 3 is 2.81 bits per heavy atom. The van der Waals surface area contributed by atoms with Gasteiger partial charge in [-0.15, -0.1) is 0 Å². The molecule has 16 heavy (non-hydrogen) atoms. The van der Waals surface area contributed by atoms with Crippen molar-refractivity contribution < 1.29 is 9.84 Å². The number of aliphatic hydroxyl groups excluding tert-OH is 1. The lowest BCUT2D eigenvalue weighted by molar-refractivity contribution is 0.117. The van der Waals surface area contributed by atoms with E-state index < -0.39 is 0 Å². The molecule has 0 radical (unpaired) electrons. The summed E-state index contributed by atoms with van der Waals surface area (Å²) < 4.78 is 4.99. The number of hydrogen-bond acceptors (Lipinski definition) is 2. The van der Waals surface area contributed by atoms with Crippen LogP contribution < -0.4 is 0 Å². The monoisotopic (exact) mass is 220 g/mol. The molecule has 0 amide bonds. The van der Waals surface area contributed by atoms with E-state index in [1.165, 1.54) is 5.56 Å². The molecule has 2 nitrogen and oxygen atoms in total. The molecular weight excluding hydrogens is 200 g/mol. The van der Waals surface area contributed by atoms with Crippen molar-refractivity contribution >= 4 is 0 Å². The van der Waals surface area contributed by atoms with Crippen LogP contribution in [0.3, 0.4) is 0 Å². The van der Waals surface area contributed by atoms with E-state index in [4.69, 9.17) is 4.74 Å². The van der Waals surface area contributed by atoms with Crippen molar-refractivity contribution in [3.05, 3.63) is 35.9 Å². The minimum atomic E-state index is -0.152. The highest BCUT2D eigenvalue weighted by Gasteiger charge is 2.42. The summed E-state index contributed by atoms with van der Waals surface area (Å²) in [6, 6.07) is 10.5. The number of rotatable bonds is 6. The third kappa shape index (κ3) is 2.83. The van der Waals surface area contributed by atoms with Gasteiger partial charge in [0.25, 0.3) is 0 Å². The second-order valence-corrected chi connectivity index (χ2v) is 4.62. The van der Waals surface area contributed by atoms with Crippen LogP contribution in [0.5, 0.6) is 0 Å². The van der Waals surface area contributed by atoms with E-state index in [0.717, 1.165) is 25.9 Å². The minimum absolute atomic E-state index is 0.152. The molecule has 0 spiro atoms. The Morgan fingerprint density at radius 1 is 1.38 bits per heavy atom. The first-order chi connectivity index (χ1) is 7.83. The van der Waals surface area contributed by atoms with Gasteiger partial charge in [-0.1, -0.05) is 30.3 Å². The maximum absolute atomic E-state index is 9.99. The molecule has 1 aliphatic rings. The smallest absolute Gasteiger partial charge is 0.0575 e. The van der Waals surface area contributed by atoms with E-state index in [1.807, 2.05) is 6.07 Å². The van der Waals surface area contributed by atoms with E-state index >= 15 is 0 Å². The van der Waals surface area contributed by atoms with Gasteiger partial charge in [0.15, 0.2) is 0 Å². The first kappa shape index (κ1) is 11.6. The van der Waals surface area contributed by atoms with E-state index in [0.29, 0.717) is 11.8 Å². The third-order valence-corrected chi connectivity index (χ3v) is 3.41. The van der Waals surface area contributed by atoms with Crippen molar-refractivity contribution in [2.45, 2.75) is 31.3 Å². The van der Waals surface area contributed by atoms with Gasteiger partial charge in [0.05, 0.1) is 6.10 Å². The molecule has 1 fully saturated rings. The summed E-state index contributed by atoms with van der Waals surface area (Å²) in [5.74, 6) is 1.05. The fourth-order valence-corrected chi connectivity index (χ4v) is 2.37. The lowest BCUT2D eigenvalue weighted by Crippen LogP contribution is -2.11. The molecule has 0 bridgehead atoms. The molecule has 0 heterocycles. The van der Waals surface area contributed by atoms with Crippen LogP contribution in [-0.2, 0) is 4.74 Å². The van der Waals surface area contributed by atoms with Crippen LogP contribution in [0.2, 0.25) is 0 Å². The maximum Gasteiger partial charge on any atom is 0.0575 e. The Balaban J connectivity index is 1.78. The van der Waals surface area contributed by atoms with E-state index in [2.05, 4.69) is 24.3 Å². The Morgan fingerprint density at radius 2 is 2.12 bits per heavy atom. The van der Waals surface area contributed by atoms with E-state index in [9.17, 15) is 5.11 Å². The molecule has 0 aliphatic heterocycles. The van der Waals surface area contributed by atoms with Gasteiger partial charge in [-0.25, -0.2) is 0 Å². The summed E-state index contributed by atoms with van der Waals surface area (Å²) >= 11 is 0. The van der Waals surface area contributed by atoms with Crippen molar-refractivity contribution in [1.29, 1.82) is 0 Å². The summed E-state index contributed by atoms with van der Waals surface area (Å²) in [7, 11) is 1.70. The average Bonchev–Trinajstić information content (AvgIpc) is 3.10. The number of ether oxygens (including phenoxy) is 1. The maximum atomic E-state index is 9.99. The highest BCUT2D eigenvalue weighted by molar-refractivity contribution is 5.26. The third-order valence-electron chi connectivity index (χ3n) is 3.41. The zero-order valence-corrected chi connectivity index (χ0v) is 9.80. The first-order valence-electron chi connectivity index (χ1n) is 6.05. The van der Waals surface area contributed by atoms with Crippen LogP contribution in [-0.4, -0.2) is 24.9 Å². The molecule has 2 heteroatoms. The van der Waals surface area contributed by atoms with Gasteiger partial charge in [0.2, 0.25) is 0 Å². The van der Waals surface area contributed by atoms with Gasteiger partial charge in [0.1, 0.15) is 0 Å². The van der Waals surface area contributed by atoms with E-state index in [1.54, 1.807) is 7.11 Å². The molecule has 1 aromatic rings. The van der Waals surface area contributed by atoms with Crippen LogP contribution in [0.25, 0.3) is 0 Å². The van der Waals surface area contributed by atoms with Crippen LogP contribution in [0.15, 0.2) is 30.3 Å². The molecule has 3 atom stereocenters. The van der Waals surface area contributed by atoms with Crippen molar-refractivity contribution in [2.75, 3.05) is 13.7 Å². The van der Waals surface area contributed by atoms with Crippen LogP contribution in [0, 0.1) is 5.92 Å². The van der Waals surface area contributed by atoms with Crippen molar-refractivity contribution in [2.24, 2.45) is 5.92 Å². The zero-order chi connectivity index (χ0) is 11.4. The molecule has 0 saturated heterocycles. The predicted octanol–water partition coefficient (Wildman–Crippen LogP) is 2.58. The lowest BCUT2D eigenvalue weighted by atomic mass is 10.0. The van der Waals surface area contributed by atoms with Crippen molar-refractivity contribution in [3.8, 4) is 0 Å². The molecule has 1 aromatic carbocycles. The van der Waals surface area contributed by atoms with Gasteiger partial charge in [0, 0.05) is 13.7 Å². The Hall–Kier alpha value is -0.860.